The number of nitrogens with one attached hydrogen (secondary N) is 1. The van der Waals surface area contributed by atoms with Crippen LogP contribution in [0, 0.1) is 12.7 Å². The van der Waals surface area contributed by atoms with E-state index in [-0.39, 0.29) is 23.2 Å². The molecule has 1 aliphatic rings. The Morgan fingerprint density at radius 1 is 1.24 bits per heavy atom. The van der Waals surface area contributed by atoms with Crippen LogP contribution in [0.15, 0.2) is 36.4 Å². The highest BCUT2D eigenvalue weighted by Gasteiger charge is 2.19. The van der Waals surface area contributed by atoms with Crippen molar-refractivity contribution in [2.24, 2.45) is 0 Å². The fraction of sp³-hybridized carbons (Fsp3) is 0.188. The normalized spacial score (nSPS) is 14.9. The molecule has 0 fully saturated rings. The minimum atomic E-state index is -0.230. The molecule has 0 saturated heterocycles. The van der Waals surface area contributed by atoms with Crippen LogP contribution in [-0.4, -0.2) is 12.5 Å². The summed E-state index contributed by atoms with van der Waals surface area (Å²) >= 11 is 3.58. The summed E-state index contributed by atoms with van der Waals surface area (Å²) in [5.41, 5.74) is 2.99. The first-order valence-electron chi connectivity index (χ1n) is 6.51. The third-order valence-corrected chi connectivity index (χ3v) is 4.48. The van der Waals surface area contributed by atoms with E-state index < -0.39 is 0 Å². The average molecular weight is 350 g/mol. The van der Waals surface area contributed by atoms with Gasteiger partial charge in [-0.05, 0) is 41.8 Å². The van der Waals surface area contributed by atoms with Gasteiger partial charge in [0.2, 0.25) is 0 Å². The van der Waals surface area contributed by atoms with Gasteiger partial charge in [0.1, 0.15) is 11.6 Å². The lowest BCUT2D eigenvalue weighted by molar-refractivity contribution is -0.118. The van der Waals surface area contributed by atoms with Gasteiger partial charge in [0.15, 0.2) is 6.61 Å². The molecule has 0 spiro atoms. The summed E-state index contributed by atoms with van der Waals surface area (Å²) in [7, 11) is 0. The van der Waals surface area contributed by atoms with E-state index >= 15 is 0 Å². The standard InChI is InChI=1S/C16H13BrFNO2/c1-9-2-3-10(6-12(9)18)16(17)11-4-5-14-13(7-11)19-15(20)8-21-14/h2-7,16H,8H2,1H3,(H,19,20). The Morgan fingerprint density at radius 3 is 2.71 bits per heavy atom. The number of alkyl halides is 1. The number of hydrogen-bond acceptors (Lipinski definition) is 2. The van der Waals surface area contributed by atoms with Crippen LogP contribution in [0.5, 0.6) is 5.75 Å². The van der Waals surface area contributed by atoms with Crippen LogP contribution in [0.3, 0.4) is 0 Å². The van der Waals surface area contributed by atoms with Crippen LogP contribution in [0.4, 0.5) is 10.1 Å². The Labute approximate surface area is 130 Å². The molecule has 1 unspecified atom stereocenters. The van der Waals surface area contributed by atoms with Crippen LogP contribution in [-0.2, 0) is 4.79 Å². The molecule has 1 atom stereocenters. The van der Waals surface area contributed by atoms with Crippen LogP contribution in [0.2, 0.25) is 0 Å². The van der Waals surface area contributed by atoms with E-state index in [0.717, 1.165) is 11.1 Å². The van der Waals surface area contributed by atoms with Gasteiger partial charge in [-0.1, -0.05) is 34.1 Å². The number of benzene rings is 2. The maximum atomic E-state index is 13.7. The van der Waals surface area contributed by atoms with Gasteiger partial charge in [0.25, 0.3) is 5.91 Å². The second-order valence-electron chi connectivity index (χ2n) is 4.96. The largest absolute Gasteiger partial charge is 0.482 e. The van der Waals surface area contributed by atoms with Crippen molar-refractivity contribution in [3.05, 3.63) is 58.9 Å². The van der Waals surface area contributed by atoms with Gasteiger partial charge < -0.3 is 10.1 Å². The van der Waals surface area contributed by atoms with Crippen molar-refractivity contribution >= 4 is 27.5 Å². The van der Waals surface area contributed by atoms with Crippen molar-refractivity contribution in [1.29, 1.82) is 0 Å². The zero-order valence-corrected chi connectivity index (χ0v) is 12.9. The van der Waals surface area contributed by atoms with E-state index in [2.05, 4.69) is 21.2 Å². The molecule has 5 heteroatoms. The maximum absolute atomic E-state index is 13.7. The molecule has 1 amide bonds. The summed E-state index contributed by atoms with van der Waals surface area (Å²) in [5, 5.41) is 2.77. The van der Waals surface area contributed by atoms with Gasteiger partial charge in [-0.15, -0.1) is 0 Å². The maximum Gasteiger partial charge on any atom is 0.262 e. The Kier molecular flexibility index (Phi) is 3.68. The van der Waals surface area contributed by atoms with Crippen molar-refractivity contribution in [3.63, 3.8) is 0 Å². The molecule has 2 aromatic rings. The molecule has 3 nitrogen and oxygen atoms in total. The lowest BCUT2D eigenvalue weighted by atomic mass is 10.0. The summed E-state index contributed by atoms with van der Waals surface area (Å²) in [4.78, 5) is 11.2. The third kappa shape index (κ3) is 2.78. The van der Waals surface area contributed by atoms with E-state index in [9.17, 15) is 9.18 Å². The van der Waals surface area contributed by atoms with E-state index in [0.29, 0.717) is 17.0 Å². The van der Waals surface area contributed by atoms with Gasteiger partial charge in [-0.25, -0.2) is 4.39 Å². The average Bonchev–Trinajstić information content (AvgIpc) is 2.48. The molecule has 21 heavy (non-hydrogen) atoms. The third-order valence-electron chi connectivity index (χ3n) is 3.42. The Bertz CT molecular complexity index is 717. The predicted molar refractivity (Wildman–Crippen MR) is 82.5 cm³/mol. The predicted octanol–water partition coefficient (Wildman–Crippen LogP) is 3.95. The van der Waals surface area contributed by atoms with Gasteiger partial charge in [-0.2, -0.15) is 0 Å². The van der Waals surface area contributed by atoms with Crippen molar-refractivity contribution in [1.82, 2.24) is 0 Å². The minimum Gasteiger partial charge on any atom is -0.482 e. The molecule has 0 radical (unpaired) electrons. The summed E-state index contributed by atoms with van der Waals surface area (Å²) in [6, 6.07) is 10.7. The number of fused-ring (bicyclic) bond motifs is 1. The molecule has 1 heterocycles. The summed E-state index contributed by atoms with van der Waals surface area (Å²) in [5.74, 6) is 0.242. The lowest BCUT2D eigenvalue weighted by Crippen LogP contribution is -2.25. The Hall–Kier alpha value is -1.88. The molecular formula is C16H13BrFNO2. The topological polar surface area (TPSA) is 38.3 Å². The Morgan fingerprint density at radius 2 is 1.95 bits per heavy atom. The first-order chi connectivity index (χ1) is 10.0. The lowest BCUT2D eigenvalue weighted by Gasteiger charge is -2.20. The highest BCUT2D eigenvalue weighted by molar-refractivity contribution is 9.09. The second-order valence-corrected chi connectivity index (χ2v) is 5.88. The molecule has 1 N–H and O–H groups in total. The monoisotopic (exact) mass is 349 g/mol. The molecule has 0 bridgehead atoms. The smallest absolute Gasteiger partial charge is 0.262 e. The second kappa shape index (κ2) is 5.48. The van der Waals surface area contributed by atoms with Crippen LogP contribution in [0.1, 0.15) is 21.5 Å². The molecule has 0 aromatic heterocycles. The van der Waals surface area contributed by atoms with E-state index in [4.69, 9.17) is 4.74 Å². The van der Waals surface area contributed by atoms with Gasteiger partial charge in [0, 0.05) is 0 Å². The van der Waals surface area contributed by atoms with Crippen molar-refractivity contribution in [2.75, 3.05) is 11.9 Å². The van der Waals surface area contributed by atoms with Gasteiger partial charge in [0.05, 0.1) is 10.5 Å². The van der Waals surface area contributed by atoms with Crippen LogP contribution >= 0.6 is 15.9 Å². The number of hydrogen-bond donors (Lipinski definition) is 1. The van der Waals surface area contributed by atoms with Crippen molar-refractivity contribution < 1.29 is 13.9 Å². The number of ether oxygens (including phenoxy) is 1. The first kappa shape index (κ1) is 14.1. The fourth-order valence-electron chi connectivity index (χ4n) is 2.22. The molecule has 108 valence electrons. The molecule has 1 aliphatic heterocycles. The minimum absolute atomic E-state index is 0.0350. The Balaban J connectivity index is 1.94. The van der Waals surface area contributed by atoms with E-state index in [1.165, 1.54) is 6.07 Å². The number of anilines is 1. The van der Waals surface area contributed by atoms with Crippen LogP contribution < -0.4 is 10.1 Å². The van der Waals surface area contributed by atoms with E-state index in [1.807, 2.05) is 24.3 Å². The quantitative estimate of drug-likeness (QED) is 0.833. The number of rotatable bonds is 2. The number of aryl methyl sites for hydroxylation is 1. The summed E-state index contributed by atoms with van der Waals surface area (Å²) < 4.78 is 19.0. The molecule has 0 saturated carbocycles. The fourth-order valence-corrected chi connectivity index (χ4v) is 2.79. The molecule has 2 aromatic carbocycles. The number of halogens is 2. The van der Waals surface area contributed by atoms with Crippen molar-refractivity contribution in [2.45, 2.75) is 11.8 Å². The number of carbonyl (C=O) groups excluding carboxylic acids is 1. The highest BCUT2D eigenvalue weighted by atomic mass is 79.9. The molecule has 3 rings (SSSR count). The van der Waals surface area contributed by atoms with Crippen molar-refractivity contribution in [3.8, 4) is 5.75 Å². The summed E-state index contributed by atoms with van der Waals surface area (Å²) in [6.45, 7) is 1.77. The van der Waals surface area contributed by atoms with Gasteiger partial charge >= 0.3 is 0 Å². The number of carbonyl (C=O) groups is 1. The SMILES string of the molecule is Cc1ccc(C(Br)c2ccc3c(c2)NC(=O)CO3)cc1F. The van der Waals surface area contributed by atoms with Crippen LogP contribution in [0.25, 0.3) is 0 Å². The van der Waals surface area contributed by atoms with Gasteiger partial charge in [-0.3, -0.25) is 4.79 Å². The first-order valence-corrected chi connectivity index (χ1v) is 7.43. The highest BCUT2D eigenvalue weighted by Crippen LogP contribution is 2.36. The van der Waals surface area contributed by atoms with E-state index in [1.54, 1.807) is 13.0 Å². The molecule has 0 aliphatic carbocycles. The molecular weight excluding hydrogens is 337 g/mol. The summed E-state index contributed by atoms with van der Waals surface area (Å²) in [6.07, 6.45) is 0. The zero-order chi connectivity index (χ0) is 15.0. The number of amides is 1. The zero-order valence-electron chi connectivity index (χ0n) is 11.3.